The highest BCUT2D eigenvalue weighted by Gasteiger charge is 2.40. The topological polar surface area (TPSA) is 67.6 Å². The maximum Gasteiger partial charge on any atom is 0.144 e. The fraction of sp³-hybridized carbons (Fsp3) is 0.692. The molecule has 0 N–H and O–H groups in total. The number of aryl methyl sites for hydroxylation is 1. The third-order valence-electron chi connectivity index (χ3n) is 8.22. The van der Waals surface area contributed by atoms with Crippen molar-refractivity contribution in [1.82, 2.24) is 9.88 Å². The molecule has 178 valence electrons. The Labute approximate surface area is 200 Å². The second-order valence-corrected chi connectivity index (χ2v) is 10.8. The number of pyridine rings is 1. The monoisotopic (exact) mass is 469 g/mol. The molecule has 2 aromatic heterocycles. The summed E-state index contributed by atoms with van der Waals surface area (Å²) in [5.74, 6) is 1.32. The first kappa shape index (κ1) is 23.0. The molecule has 1 saturated carbocycles. The summed E-state index contributed by atoms with van der Waals surface area (Å²) >= 11 is 1.80. The van der Waals surface area contributed by atoms with Crippen LogP contribution in [0, 0.1) is 11.3 Å². The van der Waals surface area contributed by atoms with Crippen LogP contribution >= 0.6 is 11.3 Å². The Morgan fingerprint density at radius 3 is 2.79 bits per heavy atom. The Morgan fingerprint density at radius 2 is 2.09 bits per heavy atom. The van der Waals surface area contributed by atoms with E-state index in [1.807, 2.05) is 12.3 Å². The number of hydrogen-bond acceptors (Lipinski definition) is 7. The number of morpholine rings is 1. The van der Waals surface area contributed by atoms with Gasteiger partial charge in [0.15, 0.2) is 0 Å². The van der Waals surface area contributed by atoms with Crippen molar-refractivity contribution in [2.75, 3.05) is 33.4 Å². The Morgan fingerprint density at radius 1 is 1.30 bits per heavy atom. The standard InChI is InChI=1S/C26H35N3O3S/c1-3-26(29-12-14-31-15-13-29)9-6-19(7-10-26)32-21-8-11-28-25-24(21)23-18(4-5-22(23)33-25)16-20(17-27)30-2/h8,11,18-20H,3-7,9-10,12-16H2,1-2H3/t18-,19-,20-,26-/m1/s1. The van der Waals surface area contributed by atoms with Crippen molar-refractivity contribution in [2.24, 2.45) is 0 Å². The fourth-order valence-corrected chi connectivity index (χ4v) is 7.54. The molecule has 0 bridgehead atoms. The van der Waals surface area contributed by atoms with Crippen molar-refractivity contribution in [2.45, 2.75) is 82.0 Å². The summed E-state index contributed by atoms with van der Waals surface area (Å²) in [6, 6.07) is 4.34. The van der Waals surface area contributed by atoms with E-state index in [2.05, 4.69) is 22.9 Å². The van der Waals surface area contributed by atoms with Gasteiger partial charge in [0, 0.05) is 36.8 Å². The molecule has 0 aromatic carbocycles. The largest absolute Gasteiger partial charge is 0.490 e. The van der Waals surface area contributed by atoms with E-state index in [1.165, 1.54) is 35.1 Å². The van der Waals surface area contributed by atoms with E-state index in [9.17, 15) is 5.26 Å². The maximum absolute atomic E-state index is 9.41. The van der Waals surface area contributed by atoms with Gasteiger partial charge in [0.25, 0.3) is 0 Å². The van der Waals surface area contributed by atoms with E-state index in [-0.39, 0.29) is 12.2 Å². The lowest BCUT2D eigenvalue weighted by molar-refractivity contribution is -0.0510. The van der Waals surface area contributed by atoms with Crippen LogP contribution in [0.2, 0.25) is 0 Å². The summed E-state index contributed by atoms with van der Waals surface area (Å²) in [5.41, 5.74) is 1.67. The van der Waals surface area contributed by atoms with Crippen LogP contribution in [0.1, 0.15) is 68.2 Å². The highest BCUT2D eigenvalue weighted by atomic mass is 32.1. The Kier molecular flexibility index (Phi) is 6.89. The SMILES string of the molecule is CC[C@]1(N2CCOCC2)CC[C@H](Oc2ccnc3sc4c(c23)[C@@H](C[C@H](C#N)OC)CC4)CC1. The minimum Gasteiger partial charge on any atom is -0.490 e. The Hall–Kier alpha value is -1.72. The third kappa shape index (κ3) is 4.39. The molecule has 3 heterocycles. The fourth-order valence-electron chi connectivity index (χ4n) is 6.28. The number of aromatic nitrogens is 1. The molecule has 7 heteroatoms. The van der Waals surface area contributed by atoms with Gasteiger partial charge < -0.3 is 14.2 Å². The average Bonchev–Trinajstić information content (AvgIpc) is 3.43. The number of rotatable bonds is 7. The van der Waals surface area contributed by atoms with Gasteiger partial charge in [0.1, 0.15) is 16.7 Å². The van der Waals surface area contributed by atoms with E-state index in [1.54, 1.807) is 18.4 Å². The van der Waals surface area contributed by atoms with Crippen LogP contribution in [0.4, 0.5) is 0 Å². The average molecular weight is 470 g/mol. The summed E-state index contributed by atoms with van der Waals surface area (Å²) in [4.78, 5) is 9.83. The first-order valence-corrected chi connectivity index (χ1v) is 13.3. The zero-order valence-corrected chi connectivity index (χ0v) is 20.7. The van der Waals surface area contributed by atoms with E-state index < -0.39 is 0 Å². The molecule has 0 spiro atoms. The predicted molar refractivity (Wildman–Crippen MR) is 130 cm³/mol. The van der Waals surface area contributed by atoms with E-state index >= 15 is 0 Å². The van der Waals surface area contributed by atoms with Gasteiger partial charge in [-0.1, -0.05) is 6.92 Å². The molecule has 33 heavy (non-hydrogen) atoms. The van der Waals surface area contributed by atoms with Gasteiger partial charge in [-0.05, 0) is 68.9 Å². The summed E-state index contributed by atoms with van der Waals surface area (Å²) < 4.78 is 17.7. The second kappa shape index (κ2) is 9.87. The van der Waals surface area contributed by atoms with E-state index in [0.717, 1.165) is 69.0 Å². The summed E-state index contributed by atoms with van der Waals surface area (Å²) in [7, 11) is 1.63. The lowest BCUT2D eigenvalue weighted by Gasteiger charge is -2.49. The number of hydrogen-bond donors (Lipinski definition) is 0. The number of nitrogens with zero attached hydrogens (tertiary/aromatic N) is 3. The van der Waals surface area contributed by atoms with Gasteiger partial charge in [-0.15, -0.1) is 11.3 Å². The van der Waals surface area contributed by atoms with Gasteiger partial charge in [0.2, 0.25) is 0 Å². The molecule has 0 radical (unpaired) electrons. The zero-order chi connectivity index (χ0) is 22.8. The molecule has 2 fully saturated rings. The van der Waals surface area contributed by atoms with Crippen molar-refractivity contribution in [1.29, 1.82) is 5.26 Å². The van der Waals surface area contributed by atoms with Crippen LogP contribution in [-0.4, -0.2) is 61.0 Å². The predicted octanol–water partition coefficient (Wildman–Crippen LogP) is 5.06. The molecule has 3 aliphatic rings. The normalized spacial score (nSPS) is 29.0. The molecule has 2 aromatic rings. The molecular formula is C26H35N3O3S. The van der Waals surface area contributed by atoms with Crippen molar-refractivity contribution in [3.05, 3.63) is 22.7 Å². The van der Waals surface area contributed by atoms with Crippen LogP contribution in [-0.2, 0) is 15.9 Å². The molecule has 1 aliphatic heterocycles. The summed E-state index contributed by atoms with van der Waals surface area (Å²) in [6.45, 7) is 6.16. The number of methoxy groups -OCH3 is 1. The summed E-state index contributed by atoms with van der Waals surface area (Å²) in [5, 5.41) is 10.6. The molecule has 0 amide bonds. The lowest BCUT2D eigenvalue weighted by Crippen LogP contribution is -2.55. The van der Waals surface area contributed by atoms with E-state index in [4.69, 9.17) is 14.2 Å². The molecule has 2 aliphatic carbocycles. The molecule has 6 nitrogen and oxygen atoms in total. The highest BCUT2D eigenvalue weighted by Crippen LogP contribution is 2.49. The van der Waals surface area contributed by atoms with Crippen LogP contribution in [0.25, 0.3) is 10.2 Å². The van der Waals surface area contributed by atoms with Crippen molar-refractivity contribution in [3.63, 3.8) is 0 Å². The number of ether oxygens (including phenoxy) is 3. The van der Waals surface area contributed by atoms with Crippen LogP contribution in [0.15, 0.2) is 12.3 Å². The number of thiophene rings is 1. The quantitative estimate of drug-likeness (QED) is 0.565. The van der Waals surface area contributed by atoms with Gasteiger partial charge >= 0.3 is 0 Å². The zero-order valence-electron chi connectivity index (χ0n) is 19.8. The van der Waals surface area contributed by atoms with Crippen molar-refractivity contribution in [3.8, 4) is 11.8 Å². The minimum atomic E-state index is -0.363. The second-order valence-electron chi connectivity index (χ2n) is 9.75. The maximum atomic E-state index is 9.41. The molecule has 0 unspecified atom stereocenters. The number of nitriles is 1. The first-order chi connectivity index (χ1) is 16.2. The smallest absolute Gasteiger partial charge is 0.144 e. The number of fused-ring (bicyclic) bond motifs is 3. The first-order valence-electron chi connectivity index (χ1n) is 12.5. The van der Waals surface area contributed by atoms with Crippen LogP contribution in [0.3, 0.4) is 0 Å². The van der Waals surface area contributed by atoms with Gasteiger partial charge in [-0.2, -0.15) is 5.26 Å². The minimum absolute atomic E-state index is 0.248. The molecule has 2 atom stereocenters. The van der Waals surface area contributed by atoms with Gasteiger partial charge in [0.05, 0.1) is 30.8 Å². The van der Waals surface area contributed by atoms with Crippen LogP contribution < -0.4 is 4.74 Å². The Bertz CT molecular complexity index is 1000. The molecule has 5 rings (SSSR count). The third-order valence-corrected chi connectivity index (χ3v) is 9.39. The molecule has 1 saturated heterocycles. The summed E-state index contributed by atoms with van der Waals surface area (Å²) in [6.07, 6.45) is 10.4. The lowest BCUT2D eigenvalue weighted by atomic mass is 9.77. The Balaban J connectivity index is 1.34. The van der Waals surface area contributed by atoms with Crippen molar-refractivity contribution >= 4 is 21.6 Å². The van der Waals surface area contributed by atoms with Gasteiger partial charge in [-0.25, -0.2) is 4.98 Å². The van der Waals surface area contributed by atoms with E-state index in [0.29, 0.717) is 11.5 Å². The van der Waals surface area contributed by atoms with Gasteiger partial charge in [-0.3, -0.25) is 4.90 Å². The highest BCUT2D eigenvalue weighted by molar-refractivity contribution is 7.19. The van der Waals surface area contributed by atoms with Crippen molar-refractivity contribution < 1.29 is 14.2 Å². The molecular weight excluding hydrogens is 434 g/mol. The van der Waals surface area contributed by atoms with Crippen LogP contribution in [0.5, 0.6) is 5.75 Å².